The Bertz CT molecular complexity index is 451. The largest absolute Gasteiger partial charge is 0.385 e. The summed E-state index contributed by atoms with van der Waals surface area (Å²) in [6.45, 7) is 27.0. The van der Waals surface area contributed by atoms with Gasteiger partial charge < -0.3 is 19.1 Å². The molecule has 5 nitrogen and oxygen atoms in total. The maximum atomic E-state index is 13.1. The van der Waals surface area contributed by atoms with Crippen molar-refractivity contribution in [2.24, 2.45) is 10.8 Å². The Morgan fingerprint density at radius 2 is 1.26 bits per heavy atom. The summed E-state index contributed by atoms with van der Waals surface area (Å²) in [6.07, 6.45) is 7.04. The molecule has 5 heteroatoms. The summed E-state index contributed by atoms with van der Waals surface area (Å²) in [7, 11) is 3.48. The van der Waals surface area contributed by atoms with Crippen LogP contribution in [0.4, 0.5) is 0 Å². The van der Waals surface area contributed by atoms with E-state index in [0.717, 1.165) is 45.2 Å². The van der Waals surface area contributed by atoms with Gasteiger partial charge in [-0.1, -0.05) is 89.5 Å². The SMILES string of the molecule is CC.CC.CC.CCC.COCCC(C)(C)C(C)(C)C(=O)N1CCC(OC2CC(OC)C2)CC1. The Labute approximate surface area is 214 Å². The predicted molar refractivity (Wildman–Crippen MR) is 149 cm³/mol. The Kier molecular flexibility index (Phi) is 24.1. The molecule has 0 atom stereocenters. The van der Waals surface area contributed by atoms with Gasteiger partial charge >= 0.3 is 0 Å². The molecule has 1 saturated heterocycles. The average Bonchev–Trinajstić information content (AvgIpc) is 2.84. The van der Waals surface area contributed by atoms with E-state index in [9.17, 15) is 4.79 Å². The number of piperidine rings is 1. The Balaban J connectivity index is -0.000000945. The minimum Gasteiger partial charge on any atom is -0.385 e. The minimum absolute atomic E-state index is 0.103. The zero-order chi connectivity index (χ0) is 27.4. The Hall–Kier alpha value is -0.650. The van der Waals surface area contributed by atoms with E-state index in [1.54, 1.807) is 14.2 Å². The van der Waals surface area contributed by atoms with Crippen molar-refractivity contribution >= 4 is 5.91 Å². The van der Waals surface area contributed by atoms with Crippen LogP contribution in [-0.2, 0) is 19.0 Å². The molecule has 0 aromatic heterocycles. The molecule has 1 amide bonds. The van der Waals surface area contributed by atoms with Gasteiger partial charge in [-0.25, -0.2) is 0 Å². The predicted octanol–water partition coefficient (Wildman–Crippen LogP) is 7.76. The molecule has 2 rings (SSSR count). The van der Waals surface area contributed by atoms with Crippen LogP contribution in [0.5, 0.6) is 0 Å². The van der Waals surface area contributed by atoms with E-state index in [-0.39, 0.29) is 17.4 Å². The first kappa shape index (κ1) is 37.9. The van der Waals surface area contributed by atoms with Gasteiger partial charge in [-0.15, -0.1) is 0 Å². The smallest absolute Gasteiger partial charge is 0.228 e. The first-order chi connectivity index (χ1) is 16.1. The normalized spacial score (nSPS) is 20.0. The lowest BCUT2D eigenvalue weighted by atomic mass is 9.65. The average molecular weight is 490 g/mol. The summed E-state index contributed by atoms with van der Waals surface area (Å²) < 4.78 is 16.7. The van der Waals surface area contributed by atoms with Crippen LogP contribution >= 0.6 is 0 Å². The first-order valence-corrected chi connectivity index (χ1v) is 14.1. The molecule has 34 heavy (non-hydrogen) atoms. The number of carbonyl (C=O) groups excluding carboxylic acids is 1. The fourth-order valence-electron chi connectivity index (χ4n) is 3.64. The summed E-state index contributed by atoms with van der Waals surface area (Å²) in [4.78, 5) is 15.2. The molecule has 0 bridgehead atoms. The Morgan fingerprint density at radius 3 is 1.65 bits per heavy atom. The molecule has 1 aliphatic heterocycles. The van der Waals surface area contributed by atoms with Gasteiger partial charge in [-0.3, -0.25) is 4.79 Å². The van der Waals surface area contributed by atoms with Crippen molar-refractivity contribution in [2.45, 2.75) is 140 Å². The van der Waals surface area contributed by atoms with Gasteiger partial charge in [0.1, 0.15) is 0 Å². The van der Waals surface area contributed by atoms with Crippen LogP contribution in [-0.4, -0.2) is 63.0 Å². The van der Waals surface area contributed by atoms with Crippen LogP contribution in [0.3, 0.4) is 0 Å². The number of ether oxygens (including phenoxy) is 3. The summed E-state index contributed by atoms with van der Waals surface area (Å²) in [5.41, 5.74) is -0.507. The lowest BCUT2D eigenvalue weighted by molar-refractivity contribution is -0.154. The lowest BCUT2D eigenvalue weighted by Gasteiger charge is -2.45. The third-order valence-corrected chi connectivity index (χ3v) is 6.66. The van der Waals surface area contributed by atoms with Crippen LogP contribution in [0.25, 0.3) is 0 Å². The fourth-order valence-corrected chi connectivity index (χ4v) is 3.64. The first-order valence-electron chi connectivity index (χ1n) is 14.1. The summed E-state index contributed by atoms with van der Waals surface area (Å²) in [6, 6.07) is 0. The van der Waals surface area contributed by atoms with Crippen molar-refractivity contribution in [3.05, 3.63) is 0 Å². The van der Waals surface area contributed by atoms with Crippen molar-refractivity contribution < 1.29 is 19.0 Å². The molecule has 0 unspecified atom stereocenters. The maximum absolute atomic E-state index is 13.1. The number of amides is 1. The van der Waals surface area contributed by atoms with E-state index in [2.05, 4.69) is 41.5 Å². The van der Waals surface area contributed by atoms with Crippen LogP contribution in [0.1, 0.15) is 122 Å². The maximum Gasteiger partial charge on any atom is 0.228 e. The van der Waals surface area contributed by atoms with Gasteiger partial charge in [0.05, 0.1) is 18.3 Å². The quantitative estimate of drug-likeness (QED) is 0.349. The summed E-state index contributed by atoms with van der Waals surface area (Å²) in [5.74, 6) is 0.259. The molecule has 0 spiro atoms. The molecular formula is C29H63NO4. The number of likely N-dealkylation sites (tertiary alicyclic amines) is 1. The molecule has 208 valence electrons. The summed E-state index contributed by atoms with van der Waals surface area (Å²) >= 11 is 0. The molecule has 2 fully saturated rings. The summed E-state index contributed by atoms with van der Waals surface area (Å²) in [5, 5.41) is 0. The van der Waals surface area contributed by atoms with Crippen molar-refractivity contribution in [1.82, 2.24) is 4.90 Å². The molecule has 0 N–H and O–H groups in total. The van der Waals surface area contributed by atoms with Gasteiger partial charge in [0, 0.05) is 39.3 Å². The highest BCUT2D eigenvalue weighted by Crippen LogP contribution is 2.43. The zero-order valence-corrected chi connectivity index (χ0v) is 25.7. The molecule has 0 radical (unpaired) electrons. The van der Waals surface area contributed by atoms with Crippen LogP contribution in [0.2, 0.25) is 0 Å². The van der Waals surface area contributed by atoms with Crippen molar-refractivity contribution in [2.75, 3.05) is 33.9 Å². The second-order valence-electron chi connectivity index (χ2n) is 9.54. The van der Waals surface area contributed by atoms with Crippen molar-refractivity contribution in [3.8, 4) is 0 Å². The van der Waals surface area contributed by atoms with E-state index in [1.807, 2.05) is 46.4 Å². The highest BCUT2D eigenvalue weighted by atomic mass is 16.5. The third kappa shape index (κ3) is 12.9. The monoisotopic (exact) mass is 489 g/mol. The highest BCUT2D eigenvalue weighted by molar-refractivity contribution is 5.83. The standard InChI is InChI=1S/C20H37NO4.C3H8.3C2H6/c1-19(2,9-12-23-5)20(3,4)18(22)21-10-7-15(8-11-21)25-17-13-16(14-17)24-6;1-3-2;3*1-2/h15-17H,7-14H2,1-6H3;3H2,1-2H3;3*1-2H3. The lowest BCUT2D eigenvalue weighted by Crippen LogP contribution is -2.52. The second kappa shape index (κ2) is 21.6. The van der Waals surface area contributed by atoms with Crippen LogP contribution in [0, 0.1) is 10.8 Å². The van der Waals surface area contributed by atoms with Gasteiger partial charge in [0.15, 0.2) is 0 Å². The molecule has 0 aromatic rings. The van der Waals surface area contributed by atoms with E-state index < -0.39 is 5.41 Å². The van der Waals surface area contributed by atoms with Gasteiger partial charge in [-0.2, -0.15) is 0 Å². The molecule has 1 heterocycles. The number of rotatable bonds is 8. The minimum atomic E-state index is -0.404. The van der Waals surface area contributed by atoms with E-state index in [1.165, 1.54) is 6.42 Å². The zero-order valence-electron chi connectivity index (χ0n) is 25.7. The second-order valence-corrected chi connectivity index (χ2v) is 9.54. The van der Waals surface area contributed by atoms with E-state index >= 15 is 0 Å². The topological polar surface area (TPSA) is 48.0 Å². The van der Waals surface area contributed by atoms with Gasteiger partial charge in [-0.05, 0) is 37.5 Å². The third-order valence-electron chi connectivity index (χ3n) is 6.66. The molecule has 1 aliphatic carbocycles. The van der Waals surface area contributed by atoms with Gasteiger partial charge in [0.25, 0.3) is 0 Å². The van der Waals surface area contributed by atoms with Crippen LogP contribution in [0.15, 0.2) is 0 Å². The fraction of sp³-hybridized carbons (Fsp3) is 0.966. The highest BCUT2D eigenvalue weighted by Gasteiger charge is 2.45. The number of nitrogens with zero attached hydrogens (tertiary/aromatic N) is 1. The van der Waals surface area contributed by atoms with E-state index in [4.69, 9.17) is 14.2 Å². The molecular weight excluding hydrogens is 426 g/mol. The Morgan fingerprint density at radius 1 is 0.824 bits per heavy atom. The van der Waals surface area contributed by atoms with Gasteiger partial charge in [0.2, 0.25) is 5.91 Å². The number of hydrogen-bond acceptors (Lipinski definition) is 4. The van der Waals surface area contributed by atoms with Crippen molar-refractivity contribution in [1.29, 1.82) is 0 Å². The number of carbonyl (C=O) groups is 1. The molecule has 2 aliphatic rings. The van der Waals surface area contributed by atoms with Crippen molar-refractivity contribution in [3.63, 3.8) is 0 Å². The number of hydrogen-bond donors (Lipinski definition) is 0. The van der Waals surface area contributed by atoms with Crippen LogP contribution < -0.4 is 0 Å². The molecule has 1 saturated carbocycles. The number of methoxy groups -OCH3 is 2. The van der Waals surface area contributed by atoms with E-state index in [0.29, 0.717) is 18.8 Å². The molecule has 0 aromatic carbocycles.